The first-order chi connectivity index (χ1) is 10.2. The van der Waals surface area contributed by atoms with Crippen LogP contribution in [0.2, 0.25) is 0 Å². The standard InChI is InChI=1S/C15H15FN4O/c16-12-5-1-2-6-13(12)19-14(21)11-9-17-15(18-10-11)20-7-3-4-8-20/h1-2,5-6,9-10H,3-4,7-8H2,(H,19,21). The van der Waals surface area contributed by atoms with E-state index >= 15 is 0 Å². The van der Waals surface area contributed by atoms with E-state index in [1.165, 1.54) is 24.5 Å². The van der Waals surface area contributed by atoms with Gasteiger partial charge in [-0.3, -0.25) is 4.79 Å². The number of nitrogens with one attached hydrogen (secondary N) is 1. The summed E-state index contributed by atoms with van der Waals surface area (Å²) in [7, 11) is 0. The summed E-state index contributed by atoms with van der Waals surface area (Å²) >= 11 is 0. The van der Waals surface area contributed by atoms with Gasteiger partial charge in [0.15, 0.2) is 0 Å². The van der Waals surface area contributed by atoms with Gasteiger partial charge in [0.25, 0.3) is 5.91 Å². The summed E-state index contributed by atoms with van der Waals surface area (Å²) in [6, 6.07) is 6.03. The number of rotatable bonds is 3. The normalized spacial score (nSPS) is 14.2. The van der Waals surface area contributed by atoms with E-state index in [2.05, 4.69) is 20.2 Å². The minimum Gasteiger partial charge on any atom is -0.341 e. The van der Waals surface area contributed by atoms with Crippen LogP contribution in [0.25, 0.3) is 0 Å². The first-order valence-electron chi connectivity index (χ1n) is 6.87. The summed E-state index contributed by atoms with van der Waals surface area (Å²) in [5.74, 6) is -0.261. The van der Waals surface area contributed by atoms with Crippen molar-refractivity contribution in [1.82, 2.24) is 9.97 Å². The Labute approximate surface area is 121 Å². The van der Waals surface area contributed by atoms with Gasteiger partial charge in [0, 0.05) is 25.5 Å². The summed E-state index contributed by atoms with van der Waals surface area (Å²) in [5.41, 5.74) is 0.451. The lowest BCUT2D eigenvalue weighted by molar-refractivity contribution is 0.102. The number of benzene rings is 1. The molecule has 1 amide bonds. The number of halogens is 1. The first kappa shape index (κ1) is 13.5. The lowest BCUT2D eigenvalue weighted by atomic mass is 10.2. The van der Waals surface area contributed by atoms with E-state index in [0.29, 0.717) is 11.5 Å². The summed E-state index contributed by atoms with van der Waals surface area (Å²) in [5, 5.41) is 2.51. The molecule has 1 fully saturated rings. The van der Waals surface area contributed by atoms with Gasteiger partial charge in [-0.1, -0.05) is 12.1 Å². The van der Waals surface area contributed by atoms with Crippen LogP contribution in [0.3, 0.4) is 0 Å². The van der Waals surface area contributed by atoms with E-state index in [9.17, 15) is 9.18 Å². The van der Waals surface area contributed by atoms with E-state index < -0.39 is 11.7 Å². The number of para-hydroxylation sites is 1. The molecule has 21 heavy (non-hydrogen) atoms. The Morgan fingerprint density at radius 1 is 1.14 bits per heavy atom. The van der Waals surface area contributed by atoms with Crippen molar-refractivity contribution in [1.29, 1.82) is 0 Å². The SMILES string of the molecule is O=C(Nc1ccccc1F)c1cnc(N2CCCC2)nc1. The molecular formula is C15H15FN4O. The Morgan fingerprint density at radius 3 is 2.48 bits per heavy atom. The number of aromatic nitrogens is 2. The maximum absolute atomic E-state index is 13.5. The molecule has 2 heterocycles. The maximum atomic E-state index is 13.5. The van der Waals surface area contributed by atoms with Crippen molar-refractivity contribution >= 4 is 17.5 Å². The molecular weight excluding hydrogens is 271 g/mol. The molecule has 1 aliphatic heterocycles. The third-order valence-corrected chi connectivity index (χ3v) is 3.41. The van der Waals surface area contributed by atoms with Crippen molar-refractivity contribution in [2.24, 2.45) is 0 Å². The van der Waals surface area contributed by atoms with Crippen LogP contribution in [-0.4, -0.2) is 29.0 Å². The summed E-state index contributed by atoms with van der Waals surface area (Å²) in [4.78, 5) is 22.5. The second kappa shape index (κ2) is 5.87. The highest BCUT2D eigenvalue weighted by atomic mass is 19.1. The van der Waals surface area contributed by atoms with Gasteiger partial charge < -0.3 is 10.2 Å². The third kappa shape index (κ3) is 2.99. The lowest BCUT2D eigenvalue weighted by Gasteiger charge is -2.14. The zero-order valence-corrected chi connectivity index (χ0v) is 11.4. The van der Waals surface area contributed by atoms with E-state index in [4.69, 9.17) is 0 Å². The second-order valence-electron chi connectivity index (χ2n) is 4.90. The number of anilines is 2. The van der Waals surface area contributed by atoms with E-state index in [0.717, 1.165) is 25.9 Å². The predicted molar refractivity (Wildman–Crippen MR) is 77.8 cm³/mol. The van der Waals surface area contributed by atoms with E-state index in [1.807, 2.05) is 0 Å². The molecule has 1 aromatic carbocycles. The fourth-order valence-electron chi connectivity index (χ4n) is 2.28. The minimum absolute atomic E-state index is 0.145. The van der Waals surface area contributed by atoms with Crippen LogP contribution in [-0.2, 0) is 0 Å². The molecule has 0 atom stereocenters. The molecule has 6 heteroatoms. The van der Waals surface area contributed by atoms with Gasteiger partial charge in [0.2, 0.25) is 5.95 Å². The van der Waals surface area contributed by atoms with Crippen LogP contribution >= 0.6 is 0 Å². The summed E-state index contributed by atoms with van der Waals surface area (Å²) in [6.45, 7) is 1.89. The fraction of sp³-hybridized carbons (Fsp3) is 0.267. The number of nitrogens with zero attached hydrogens (tertiary/aromatic N) is 3. The first-order valence-corrected chi connectivity index (χ1v) is 6.87. The second-order valence-corrected chi connectivity index (χ2v) is 4.90. The van der Waals surface area contributed by atoms with Crippen molar-refractivity contribution in [3.8, 4) is 0 Å². The van der Waals surface area contributed by atoms with Crippen LogP contribution in [0.15, 0.2) is 36.7 Å². The van der Waals surface area contributed by atoms with Gasteiger partial charge in [-0.15, -0.1) is 0 Å². The number of carbonyl (C=O) groups excluding carboxylic acids is 1. The smallest absolute Gasteiger partial charge is 0.258 e. The van der Waals surface area contributed by atoms with Crippen molar-refractivity contribution < 1.29 is 9.18 Å². The average Bonchev–Trinajstić information content (AvgIpc) is 3.04. The zero-order valence-electron chi connectivity index (χ0n) is 11.4. The topological polar surface area (TPSA) is 58.1 Å². The van der Waals surface area contributed by atoms with Crippen LogP contribution in [0, 0.1) is 5.82 Å². The summed E-state index contributed by atoms with van der Waals surface area (Å²) < 4.78 is 13.5. The van der Waals surface area contributed by atoms with Gasteiger partial charge in [0.1, 0.15) is 5.82 Å². The monoisotopic (exact) mass is 286 g/mol. The van der Waals surface area contributed by atoms with Gasteiger partial charge in [-0.2, -0.15) is 0 Å². The Morgan fingerprint density at radius 2 is 1.81 bits per heavy atom. The molecule has 1 saturated heterocycles. The third-order valence-electron chi connectivity index (χ3n) is 3.41. The van der Waals surface area contributed by atoms with Crippen LogP contribution in [0.1, 0.15) is 23.2 Å². The van der Waals surface area contributed by atoms with E-state index in [-0.39, 0.29) is 5.69 Å². The van der Waals surface area contributed by atoms with Crippen LogP contribution in [0.4, 0.5) is 16.0 Å². The molecule has 3 rings (SSSR count). The highest BCUT2D eigenvalue weighted by Gasteiger charge is 2.16. The Hall–Kier alpha value is -2.50. The lowest BCUT2D eigenvalue weighted by Crippen LogP contribution is -2.21. The van der Waals surface area contributed by atoms with Crippen molar-refractivity contribution in [2.75, 3.05) is 23.3 Å². The highest BCUT2D eigenvalue weighted by Crippen LogP contribution is 2.16. The molecule has 0 saturated carbocycles. The fourth-order valence-corrected chi connectivity index (χ4v) is 2.28. The summed E-state index contributed by atoms with van der Waals surface area (Å²) in [6.07, 6.45) is 5.21. The highest BCUT2D eigenvalue weighted by molar-refractivity contribution is 6.03. The molecule has 1 aromatic heterocycles. The minimum atomic E-state index is -0.472. The molecule has 0 spiro atoms. The molecule has 0 radical (unpaired) electrons. The number of amides is 1. The van der Waals surface area contributed by atoms with Crippen molar-refractivity contribution in [2.45, 2.75) is 12.8 Å². The Bertz CT molecular complexity index is 638. The van der Waals surface area contributed by atoms with E-state index in [1.54, 1.807) is 12.1 Å². The zero-order chi connectivity index (χ0) is 14.7. The van der Waals surface area contributed by atoms with Crippen molar-refractivity contribution in [3.05, 3.63) is 48.0 Å². The number of hydrogen-bond donors (Lipinski definition) is 1. The molecule has 108 valence electrons. The maximum Gasteiger partial charge on any atom is 0.258 e. The quantitative estimate of drug-likeness (QED) is 0.941. The average molecular weight is 286 g/mol. The van der Waals surface area contributed by atoms with Crippen molar-refractivity contribution in [3.63, 3.8) is 0 Å². The largest absolute Gasteiger partial charge is 0.341 e. The van der Waals surface area contributed by atoms with Gasteiger partial charge >= 0.3 is 0 Å². The van der Waals surface area contributed by atoms with Gasteiger partial charge in [-0.25, -0.2) is 14.4 Å². The van der Waals surface area contributed by atoms with Crippen LogP contribution in [0.5, 0.6) is 0 Å². The Balaban J connectivity index is 1.71. The Kier molecular flexibility index (Phi) is 3.77. The van der Waals surface area contributed by atoms with Gasteiger partial charge in [-0.05, 0) is 25.0 Å². The molecule has 0 aliphatic carbocycles. The molecule has 1 N–H and O–H groups in total. The number of hydrogen-bond acceptors (Lipinski definition) is 4. The number of carbonyl (C=O) groups is 1. The molecule has 2 aromatic rings. The predicted octanol–water partition coefficient (Wildman–Crippen LogP) is 2.47. The molecule has 0 bridgehead atoms. The van der Waals surface area contributed by atoms with Gasteiger partial charge in [0.05, 0.1) is 11.3 Å². The van der Waals surface area contributed by atoms with Crippen LogP contribution < -0.4 is 10.2 Å². The molecule has 5 nitrogen and oxygen atoms in total. The molecule has 0 unspecified atom stereocenters. The molecule has 1 aliphatic rings.